The van der Waals surface area contributed by atoms with Crippen LogP contribution in [0.3, 0.4) is 0 Å². The highest BCUT2D eigenvalue weighted by molar-refractivity contribution is 8.01. The van der Waals surface area contributed by atoms with Gasteiger partial charge >= 0.3 is 0 Å². The molecule has 170 valence electrons. The highest BCUT2D eigenvalue weighted by Gasteiger charge is 2.18. The molecule has 0 unspecified atom stereocenters. The predicted molar refractivity (Wildman–Crippen MR) is 127 cm³/mol. The van der Waals surface area contributed by atoms with Gasteiger partial charge in [-0.1, -0.05) is 41.3 Å². The monoisotopic (exact) mass is 474 g/mol. The second-order valence-corrected chi connectivity index (χ2v) is 9.79. The van der Waals surface area contributed by atoms with Crippen molar-refractivity contribution >= 4 is 39.8 Å². The zero-order valence-corrected chi connectivity index (χ0v) is 19.7. The molecular formula is C21H26N6O3S2. The number of anilines is 2. The van der Waals surface area contributed by atoms with E-state index in [1.165, 1.54) is 23.1 Å². The van der Waals surface area contributed by atoms with Gasteiger partial charge in [0.15, 0.2) is 4.34 Å². The maximum absolute atomic E-state index is 12.9. The van der Waals surface area contributed by atoms with Gasteiger partial charge < -0.3 is 15.4 Å². The molecule has 4 rings (SSSR count). The Hall–Kier alpha value is -2.63. The number of carbonyl (C=O) groups excluding carboxylic acids is 1. The topological polar surface area (TPSA) is 103 Å². The fraction of sp³-hybridized carbons (Fsp3) is 0.429. The lowest BCUT2D eigenvalue weighted by molar-refractivity contribution is -0.115. The number of amides is 1. The van der Waals surface area contributed by atoms with Gasteiger partial charge in [-0.2, -0.15) is 0 Å². The van der Waals surface area contributed by atoms with E-state index in [0.29, 0.717) is 17.1 Å². The molecule has 11 heteroatoms. The van der Waals surface area contributed by atoms with Crippen molar-refractivity contribution in [2.75, 3.05) is 29.5 Å². The molecule has 1 aliphatic heterocycles. The summed E-state index contributed by atoms with van der Waals surface area (Å²) in [5, 5.41) is 15.1. The Morgan fingerprint density at radius 1 is 1.31 bits per heavy atom. The summed E-state index contributed by atoms with van der Waals surface area (Å²) in [5.41, 5.74) is 1.51. The van der Waals surface area contributed by atoms with Crippen LogP contribution < -0.4 is 16.2 Å². The molecular weight excluding hydrogens is 448 g/mol. The van der Waals surface area contributed by atoms with Crippen molar-refractivity contribution in [1.82, 2.24) is 19.6 Å². The third kappa shape index (κ3) is 5.22. The second-order valence-electron chi connectivity index (χ2n) is 7.47. The van der Waals surface area contributed by atoms with Gasteiger partial charge in [0.2, 0.25) is 11.0 Å². The average Bonchev–Trinajstić information content (AvgIpc) is 3.52. The van der Waals surface area contributed by atoms with Crippen LogP contribution in [0.1, 0.15) is 25.0 Å². The van der Waals surface area contributed by atoms with Crippen LogP contribution in [0, 0.1) is 6.92 Å². The van der Waals surface area contributed by atoms with E-state index in [4.69, 9.17) is 4.74 Å². The van der Waals surface area contributed by atoms with Crippen molar-refractivity contribution < 1.29 is 9.53 Å². The molecule has 0 spiro atoms. The number of carbonyl (C=O) groups is 1. The highest BCUT2D eigenvalue weighted by Crippen LogP contribution is 2.26. The number of ether oxygens (including phenoxy) is 1. The molecule has 3 heterocycles. The summed E-state index contributed by atoms with van der Waals surface area (Å²) >= 11 is 2.94. The summed E-state index contributed by atoms with van der Waals surface area (Å²) in [5.74, 6) is 0.343. The number of hydrogen-bond donors (Lipinski definition) is 2. The molecule has 1 amide bonds. The molecule has 1 fully saturated rings. The van der Waals surface area contributed by atoms with E-state index in [1.54, 1.807) is 16.4 Å². The molecule has 2 N–H and O–H groups in total. The highest BCUT2D eigenvalue weighted by atomic mass is 32.2. The van der Waals surface area contributed by atoms with Crippen LogP contribution in [0.4, 0.5) is 10.8 Å². The third-order valence-corrected chi connectivity index (χ3v) is 7.30. The number of benzene rings is 1. The summed E-state index contributed by atoms with van der Waals surface area (Å²) in [6, 6.07) is 9.35. The third-order valence-electron chi connectivity index (χ3n) is 5.28. The molecule has 3 aromatic rings. The number of nitrogens with one attached hydrogen (secondary N) is 2. The first-order chi connectivity index (χ1) is 15.5. The van der Waals surface area contributed by atoms with E-state index in [1.807, 2.05) is 37.3 Å². The van der Waals surface area contributed by atoms with Crippen LogP contribution in [-0.4, -0.2) is 50.5 Å². The van der Waals surface area contributed by atoms with Crippen molar-refractivity contribution in [3.8, 4) is 5.69 Å². The average molecular weight is 475 g/mol. The fourth-order valence-corrected chi connectivity index (χ4v) is 5.26. The largest absolute Gasteiger partial charge is 0.376 e. The maximum Gasteiger partial charge on any atom is 0.295 e. The van der Waals surface area contributed by atoms with Crippen molar-refractivity contribution in [3.05, 3.63) is 46.4 Å². The van der Waals surface area contributed by atoms with Gasteiger partial charge in [-0.25, -0.2) is 4.68 Å². The Morgan fingerprint density at radius 2 is 2.12 bits per heavy atom. The summed E-state index contributed by atoms with van der Waals surface area (Å²) in [6.07, 6.45) is 2.68. The van der Waals surface area contributed by atoms with Gasteiger partial charge in [-0.15, -0.1) is 10.2 Å². The summed E-state index contributed by atoms with van der Waals surface area (Å²) in [7, 11) is 1.80. The molecule has 1 aliphatic rings. The molecule has 1 saturated heterocycles. The van der Waals surface area contributed by atoms with Crippen LogP contribution in [0.5, 0.6) is 0 Å². The van der Waals surface area contributed by atoms with Crippen molar-refractivity contribution in [3.63, 3.8) is 0 Å². The molecule has 0 aliphatic carbocycles. The lowest BCUT2D eigenvalue weighted by atomic mass is 10.2. The van der Waals surface area contributed by atoms with E-state index in [2.05, 4.69) is 20.8 Å². The van der Waals surface area contributed by atoms with Gasteiger partial charge in [0.1, 0.15) is 5.69 Å². The Morgan fingerprint density at radius 3 is 2.88 bits per heavy atom. The summed E-state index contributed by atoms with van der Waals surface area (Å²) in [6.45, 7) is 3.38. The normalized spacial score (nSPS) is 15.8. The minimum Gasteiger partial charge on any atom is -0.376 e. The Bertz CT molecular complexity index is 1120. The van der Waals surface area contributed by atoms with Crippen LogP contribution in [0.15, 0.2) is 39.5 Å². The molecule has 9 nitrogen and oxygen atoms in total. The summed E-state index contributed by atoms with van der Waals surface area (Å²) < 4.78 is 9.68. The smallest absolute Gasteiger partial charge is 0.295 e. The molecule has 1 atom stereocenters. The van der Waals surface area contributed by atoms with Crippen LogP contribution in [0.2, 0.25) is 0 Å². The molecule has 1 aromatic carbocycles. The van der Waals surface area contributed by atoms with E-state index < -0.39 is 0 Å². The molecule has 0 bridgehead atoms. The van der Waals surface area contributed by atoms with Gasteiger partial charge in [-0.3, -0.25) is 14.3 Å². The lowest BCUT2D eigenvalue weighted by Gasteiger charge is -2.08. The van der Waals surface area contributed by atoms with E-state index in [0.717, 1.165) is 41.2 Å². The lowest BCUT2D eigenvalue weighted by Crippen LogP contribution is -2.23. The van der Waals surface area contributed by atoms with Crippen molar-refractivity contribution in [1.29, 1.82) is 0 Å². The van der Waals surface area contributed by atoms with Crippen molar-refractivity contribution in [2.45, 2.75) is 36.6 Å². The van der Waals surface area contributed by atoms with Gasteiger partial charge in [0.25, 0.3) is 5.56 Å². The maximum atomic E-state index is 12.9. The number of hydrogen-bond acceptors (Lipinski definition) is 8. The van der Waals surface area contributed by atoms with Crippen LogP contribution in [-0.2, 0) is 16.6 Å². The molecule has 0 saturated carbocycles. The first-order valence-electron chi connectivity index (χ1n) is 10.5. The summed E-state index contributed by atoms with van der Waals surface area (Å²) in [4.78, 5) is 25.4. The van der Waals surface area contributed by atoms with E-state index >= 15 is 0 Å². The minimum atomic E-state index is -0.247. The number of rotatable bonds is 9. The van der Waals surface area contributed by atoms with Gasteiger partial charge in [0, 0.05) is 32.4 Å². The predicted octanol–water partition coefficient (Wildman–Crippen LogP) is 3.05. The van der Waals surface area contributed by atoms with E-state index in [-0.39, 0.29) is 24.0 Å². The number of nitrogens with zero attached hydrogens (tertiary/aromatic N) is 4. The van der Waals surface area contributed by atoms with E-state index in [9.17, 15) is 9.59 Å². The van der Waals surface area contributed by atoms with Gasteiger partial charge in [-0.05, 0) is 31.9 Å². The minimum absolute atomic E-state index is 0.204. The standard InChI is InChI=1S/C21H26N6O3S2/c1-14-18(19(29)27(26(14)2)15-7-4-3-5-8-15)23-17(28)10-12-31-21-25-24-20(32-21)22-13-16-9-6-11-30-16/h3-5,7-8,16H,6,9-13H2,1-2H3,(H,22,24)(H,23,28)/t16-/m1/s1. The number of aromatic nitrogens is 4. The SMILES string of the molecule is Cc1c(NC(=O)CCSc2nnc(NC[C@H]3CCCO3)s2)c(=O)n(-c2ccccc2)n1C. The van der Waals surface area contributed by atoms with Crippen molar-refractivity contribution in [2.24, 2.45) is 7.05 Å². The zero-order chi connectivity index (χ0) is 22.5. The first-order valence-corrected chi connectivity index (χ1v) is 12.3. The van der Waals surface area contributed by atoms with Gasteiger partial charge in [0.05, 0.1) is 17.5 Å². The molecule has 0 radical (unpaired) electrons. The fourth-order valence-electron chi connectivity index (χ4n) is 3.49. The quantitative estimate of drug-likeness (QED) is 0.460. The molecule has 2 aromatic heterocycles. The second kappa shape index (κ2) is 10.3. The first kappa shape index (κ1) is 22.6. The number of thioether (sulfide) groups is 1. The Labute approximate surface area is 194 Å². The van der Waals surface area contributed by atoms with Crippen LogP contribution >= 0.6 is 23.1 Å². The number of para-hydroxylation sites is 1. The Balaban J connectivity index is 1.29. The Kier molecular flexibility index (Phi) is 7.28. The van der Waals surface area contributed by atoms with Crippen LogP contribution in [0.25, 0.3) is 5.69 Å². The molecule has 32 heavy (non-hydrogen) atoms. The zero-order valence-electron chi connectivity index (χ0n) is 18.0.